The second-order valence-corrected chi connectivity index (χ2v) is 6.26. The fourth-order valence-corrected chi connectivity index (χ4v) is 3.76. The molecule has 24 heavy (non-hydrogen) atoms. The van der Waals surface area contributed by atoms with Crippen LogP contribution in [-0.4, -0.2) is 0 Å². The second kappa shape index (κ2) is 5.24. The lowest BCUT2D eigenvalue weighted by molar-refractivity contribution is 0.967. The van der Waals surface area contributed by atoms with Crippen LogP contribution in [0, 0.1) is 0 Å². The van der Waals surface area contributed by atoms with E-state index in [1.54, 1.807) is 0 Å². The Hall–Kier alpha value is -3.06. The molecule has 5 rings (SSSR count). The average Bonchev–Trinajstić information content (AvgIpc) is 2.67. The highest BCUT2D eigenvalue weighted by atomic mass is 15.1. The summed E-state index contributed by atoms with van der Waals surface area (Å²) in [6, 6.07) is 32.6. The molecule has 0 fully saturated rings. The minimum atomic E-state index is 0.904. The molecule has 0 bridgehead atoms. The van der Waals surface area contributed by atoms with Crippen molar-refractivity contribution in [2.45, 2.75) is 6.54 Å². The van der Waals surface area contributed by atoms with Gasteiger partial charge in [-0.3, -0.25) is 0 Å². The zero-order chi connectivity index (χ0) is 15.9. The molecule has 1 heterocycles. The summed E-state index contributed by atoms with van der Waals surface area (Å²) in [5.74, 6) is 0. The Balaban J connectivity index is 1.87. The lowest BCUT2D eigenvalue weighted by Crippen LogP contribution is -2.21. The minimum Gasteiger partial charge on any atom is -0.336 e. The number of anilines is 2. The molecule has 0 unspecified atom stereocenters. The van der Waals surface area contributed by atoms with Crippen molar-refractivity contribution in [2.24, 2.45) is 0 Å². The van der Waals surface area contributed by atoms with Gasteiger partial charge in [-0.05, 0) is 28.6 Å². The molecule has 0 atom stereocenters. The summed E-state index contributed by atoms with van der Waals surface area (Å²) >= 11 is 0. The minimum absolute atomic E-state index is 0.904. The third-order valence-corrected chi connectivity index (χ3v) is 4.87. The Morgan fingerprint density at radius 3 is 2.25 bits per heavy atom. The molecular formula is C23H17N. The van der Waals surface area contributed by atoms with E-state index < -0.39 is 0 Å². The van der Waals surface area contributed by atoms with E-state index in [9.17, 15) is 0 Å². The van der Waals surface area contributed by atoms with Gasteiger partial charge in [0, 0.05) is 23.2 Å². The van der Waals surface area contributed by atoms with Crippen LogP contribution in [0.4, 0.5) is 11.4 Å². The van der Waals surface area contributed by atoms with Gasteiger partial charge in [-0.1, -0.05) is 78.9 Å². The molecule has 0 aromatic heterocycles. The maximum atomic E-state index is 2.44. The summed E-state index contributed by atoms with van der Waals surface area (Å²) in [4.78, 5) is 2.44. The van der Waals surface area contributed by atoms with Gasteiger partial charge in [0.15, 0.2) is 0 Å². The predicted molar refractivity (Wildman–Crippen MR) is 102 cm³/mol. The summed E-state index contributed by atoms with van der Waals surface area (Å²) in [6.45, 7) is 0.904. The van der Waals surface area contributed by atoms with Gasteiger partial charge in [-0.25, -0.2) is 0 Å². The second-order valence-electron chi connectivity index (χ2n) is 6.26. The number of benzene rings is 4. The van der Waals surface area contributed by atoms with Gasteiger partial charge in [0.1, 0.15) is 0 Å². The van der Waals surface area contributed by atoms with Crippen molar-refractivity contribution in [1.82, 2.24) is 0 Å². The first kappa shape index (κ1) is 13.4. The van der Waals surface area contributed by atoms with Crippen molar-refractivity contribution in [3.05, 3.63) is 96.6 Å². The van der Waals surface area contributed by atoms with Gasteiger partial charge >= 0.3 is 0 Å². The molecule has 4 aromatic rings. The Labute approximate surface area is 141 Å². The van der Waals surface area contributed by atoms with E-state index in [1.807, 2.05) is 0 Å². The molecule has 114 valence electrons. The van der Waals surface area contributed by atoms with Gasteiger partial charge in [-0.15, -0.1) is 0 Å². The molecule has 1 nitrogen and oxygen atoms in total. The largest absolute Gasteiger partial charge is 0.336 e. The SMILES string of the molecule is c1ccc(N2Cc3ccccc3-c3ccc4ccccc4c32)cc1. The quantitative estimate of drug-likeness (QED) is 0.407. The lowest BCUT2D eigenvalue weighted by Gasteiger charge is -2.34. The van der Waals surface area contributed by atoms with Gasteiger partial charge in [0.2, 0.25) is 0 Å². The van der Waals surface area contributed by atoms with Crippen LogP contribution < -0.4 is 4.90 Å². The number of para-hydroxylation sites is 1. The molecular weight excluding hydrogens is 290 g/mol. The van der Waals surface area contributed by atoms with E-state index in [2.05, 4.69) is 95.9 Å². The number of fused-ring (bicyclic) bond motifs is 5. The number of hydrogen-bond acceptors (Lipinski definition) is 1. The van der Waals surface area contributed by atoms with Gasteiger partial charge in [-0.2, -0.15) is 0 Å². The molecule has 0 N–H and O–H groups in total. The molecule has 0 aliphatic carbocycles. The van der Waals surface area contributed by atoms with E-state index >= 15 is 0 Å². The van der Waals surface area contributed by atoms with Crippen molar-refractivity contribution in [1.29, 1.82) is 0 Å². The molecule has 0 saturated heterocycles. The molecule has 0 radical (unpaired) electrons. The van der Waals surface area contributed by atoms with Gasteiger partial charge < -0.3 is 4.90 Å². The maximum Gasteiger partial charge on any atom is 0.0573 e. The molecule has 0 saturated carbocycles. The highest BCUT2D eigenvalue weighted by Crippen LogP contribution is 2.46. The monoisotopic (exact) mass is 307 g/mol. The van der Waals surface area contributed by atoms with Crippen molar-refractivity contribution in [2.75, 3.05) is 4.90 Å². The van der Waals surface area contributed by atoms with Crippen LogP contribution >= 0.6 is 0 Å². The van der Waals surface area contributed by atoms with E-state index in [-0.39, 0.29) is 0 Å². The molecule has 1 aliphatic heterocycles. The first-order valence-corrected chi connectivity index (χ1v) is 8.34. The zero-order valence-electron chi connectivity index (χ0n) is 13.3. The van der Waals surface area contributed by atoms with Crippen LogP contribution in [0.25, 0.3) is 21.9 Å². The van der Waals surface area contributed by atoms with Crippen molar-refractivity contribution in [3.8, 4) is 11.1 Å². The highest BCUT2D eigenvalue weighted by molar-refractivity contribution is 6.05. The number of nitrogens with zero attached hydrogens (tertiary/aromatic N) is 1. The summed E-state index contributed by atoms with van der Waals surface area (Å²) in [6.07, 6.45) is 0. The van der Waals surface area contributed by atoms with Crippen LogP contribution in [0.3, 0.4) is 0 Å². The van der Waals surface area contributed by atoms with Crippen molar-refractivity contribution in [3.63, 3.8) is 0 Å². The molecule has 0 amide bonds. The third-order valence-electron chi connectivity index (χ3n) is 4.87. The van der Waals surface area contributed by atoms with Crippen molar-refractivity contribution < 1.29 is 0 Å². The highest BCUT2D eigenvalue weighted by Gasteiger charge is 2.24. The van der Waals surface area contributed by atoms with Crippen LogP contribution in [0.2, 0.25) is 0 Å². The topological polar surface area (TPSA) is 3.24 Å². The Bertz CT molecular complexity index is 1030. The smallest absolute Gasteiger partial charge is 0.0573 e. The molecule has 1 aliphatic rings. The summed E-state index contributed by atoms with van der Waals surface area (Å²) in [5, 5.41) is 2.60. The van der Waals surface area contributed by atoms with E-state index in [1.165, 1.54) is 38.8 Å². The Morgan fingerprint density at radius 2 is 1.33 bits per heavy atom. The maximum absolute atomic E-state index is 2.44. The Kier molecular flexibility index (Phi) is 2.92. The fraction of sp³-hybridized carbons (Fsp3) is 0.0435. The van der Waals surface area contributed by atoms with E-state index in [4.69, 9.17) is 0 Å². The van der Waals surface area contributed by atoms with Gasteiger partial charge in [0.05, 0.1) is 5.69 Å². The fourth-order valence-electron chi connectivity index (χ4n) is 3.76. The van der Waals surface area contributed by atoms with Crippen LogP contribution in [0.15, 0.2) is 91.0 Å². The van der Waals surface area contributed by atoms with Crippen molar-refractivity contribution >= 4 is 22.1 Å². The lowest BCUT2D eigenvalue weighted by atomic mass is 9.90. The van der Waals surface area contributed by atoms with Crippen LogP contribution in [0.5, 0.6) is 0 Å². The Morgan fingerprint density at radius 1 is 0.583 bits per heavy atom. The summed E-state index contributed by atoms with van der Waals surface area (Å²) in [7, 11) is 0. The van der Waals surface area contributed by atoms with E-state index in [0.717, 1.165) is 6.54 Å². The summed E-state index contributed by atoms with van der Waals surface area (Å²) in [5.41, 5.74) is 6.61. The van der Waals surface area contributed by atoms with E-state index in [0.29, 0.717) is 0 Å². The first-order valence-electron chi connectivity index (χ1n) is 8.34. The zero-order valence-corrected chi connectivity index (χ0v) is 13.3. The number of hydrogen-bond donors (Lipinski definition) is 0. The van der Waals surface area contributed by atoms with Gasteiger partial charge in [0.25, 0.3) is 0 Å². The number of rotatable bonds is 1. The standard InChI is InChI=1S/C23H17N/c1-2-10-19(11-3-1)24-16-18-9-5-6-12-20(18)22-15-14-17-8-4-7-13-21(17)23(22)24/h1-15H,16H2. The van der Waals surface area contributed by atoms with Crippen LogP contribution in [0.1, 0.15) is 5.56 Å². The average molecular weight is 307 g/mol. The summed E-state index contributed by atoms with van der Waals surface area (Å²) < 4.78 is 0. The molecule has 1 heteroatoms. The predicted octanol–water partition coefficient (Wildman–Crippen LogP) is 6.16. The molecule has 4 aromatic carbocycles. The normalized spacial score (nSPS) is 12.8. The third kappa shape index (κ3) is 1.95. The van der Waals surface area contributed by atoms with Crippen LogP contribution in [-0.2, 0) is 6.54 Å². The molecule has 0 spiro atoms. The first-order chi connectivity index (χ1) is 11.9.